The van der Waals surface area contributed by atoms with Crippen molar-refractivity contribution in [3.63, 3.8) is 0 Å². The molecule has 34 heavy (non-hydrogen) atoms. The van der Waals surface area contributed by atoms with Crippen LogP contribution in [0.1, 0.15) is 77.4 Å². The summed E-state index contributed by atoms with van der Waals surface area (Å²) >= 11 is 0. The molecule has 5 rings (SSSR count). The van der Waals surface area contributed by atoms with Crippen LogP contribution in [-0.2, 0) is 11.8 Å². The molecule has 6 heteroatoms. The quantitative estimate of drug-likeness (QED) is 0.535. The van der Waals surface area contributed by atoms with E-state index >= 15 is 0 Å². The van der Waals surface area contributed by atoms with Crippen LogP contribution < -0.4 is 10.2 Å². The van der Waals surface area contributed by atoms with Crippen LogP contribution in [0.3, 0.4) is 0 Å². The van der Waals surface area contributed by atoms with Crippen molar-refractivity contribution in [2.75, 3.05) is 31.0 Å². The van der Waals surface area contributed by atoms with E-state index in [0.717, 1.165) is 39.7 Å². The van der Waals surface area contributed by atoms with Crippen LogP contribution in [0.5, 0.6) is 0 Å². The summed E-state index contributed by atoms with van der Waals surface area (Å²) in [6.07, 6.45) is 1.92. The van der Waals surface area contributed by atoms with Crippen molar-refractivity contribution in [2.24, 2.45) is 0 Å². The van der Waals surface area contributed by atoms with E-state index in [1.165, 1.54) is 0 Å². The fourth-order valence-corrected chi connectivity index (χ4v) is 5.67. The second kappa shape index (κ2) is 8.57. The number of H-pyrrole nitrogens is 1. The van der Waals surface area contributed by atoms with Crippen molar-refractivity contribution in [3.05, 3.63) is 63.8 Å². The smallest absolute Gasteiger partial charge is 0.209 e. The van der Waals surface area contributed by atoms with Crippen molar-refractivity contribution < 1.29 is 15.4 Å². The number of nitrogens with one attached hydrogen (secondary N) is 2. The average molecular weight is 461 g/mol. The molecule has 2 aromatic carbocycles. The molecule has 1 saturated heterocycles. The standard InChI is InChI=1S/C28H32N4O2/c1-4-18-14-21-22(15-24(18)32-10-7-19(8-11-32)30-9-12-33)28(2,3)25-20-6-5-17(16-29)13-23(20)31-26(25)27(21)34/h5-6,13-15,19,30-31,33H,4,7-12H2,1-3H3/i9D2,12D2. The SMILES string of the molecule is [2H]C([2H])(O)C([2H])([2H])NC1CCN(c2cc3c(cc2CC)C(=O)c2[nH]c4cc(C#N)ccc4c2C3(C)C)CC1. The maximum atomic E-state index is 13.7. The normalized spacial score (nSPS) is 20.1. The first-order valence-electron chi connectivity index (χ1n) is 13.8. The van der Waals surface area contributed by atoms with E-state index < -0.39 is 18.5 Å². The molecule has 2 aliphatic rings. The number of piperidine rings is 1. The lowest BCUT2D eigenvalue weighted by atomic mass is 9.69. The Morgan fingerprint density at radius 2 is 2.06 bits per heavy atom. The van der Waals surface area contributed by atoms with E-state index in [1.54, 1.807) is 12.1 Å². The molecule has 0 bridgehead atoms. The lowest BCUT2D eigenvalue weighted by Crippen LogP contribution is -2.43. The Labute approximate surface area is 206 Å². The highest BCUT2D eigenvalue weighted by Crippen LogP contribution is 2.46. The summed E-state index contributed by atoms with van der Waals surface area (Å²) in [5, 5.41) is 22.5. The Balaban J connectivity index is 1.49. The second-order valence-corrected chi connectivity index (χ2v) is 9.72. The Bertz CT molecular complexity index is 1470. The van der Waals surface area contributed by atoms with E-state index in [4.69, 9.17) is 5.48 Å². The van der Waals surface area contributed by atoms with Gasteiger partial charge in [0, 0.05) is 55.9 Å². The summed E-state index contributed by atoms with van der Waals surface area (Å²) in [5.41, 5.74) is 6.13. The first-order chi connectivity index (χ1) is 17.8. The highest BCUT2D eigenvalue weighted by molar-refractivity contribution is 6.15. The van der Waals surface area contributed by atoms with E-state index in [-0.39, 0.29) is 11.8 Å². The molecule has 0 spiro atoms. The summed E-state index contributed by atoms with van der Waals surface area (Å²) in [4.78, 5) is 19.3. The minimum Gasteiger partial charge on any atom is -0.395 e. The van der Waals surface area contributed by atoms with Crippen molar-refractivity contribution >= 4 is 22.4 Å². The molecular weight excluding hydrogens is 424 g/mol. The van der Waals surface area contributed by atoms with Crippen molar-refractivity contribution in [1.29, 1.82) is 5.26 Å². The van der Waals surface area contributed by atoms with E-state index in [9.17, 15) is 15.2 Å². The maximum absolute atomic E-state index is 13.7. The number of nitriles is 1. The molecule has 0 radical (unpaired) electrons. The van der Waals surface area contributed by atoms with E-state index in [1.807, 2.05) is 12.1 Å². The molecule has 0 unspecified atom stereocenters. The largest absolute Gasteiger partial charge is 0.395 e. The van der Waals surface area contributed by atoms with Gasteiger partial charge in [-0.05, 0) is 60.2 Å². The zero-order chi connectivity index (χ0) is 27.6. The molecule has 3 aromatic rings. The molecule has 1 aliphatic carbocycles. The lowest BCUT2D eigenvalue weighted by Gasteiger charge is -2.38. The van der Waals surface area contributed by atoms with Gasteiger partial charge >= 0.3 is 0 Å². The molecule has 1 aliphatic heterocycles. The number of hydrogen-bond acceptors (Lipinski definition) is 5. The first kappa shape index (κ1) is 18.2. The predicted octanol–water partition coefficient (Wildman–Crippen LogP) is 4.02. The average Bonchev–Trinajstić information content (AvgIpc) is 3.26. The number of nitrogens with zero attached hydrogens (tertiary/aromatic N) is 2. The van der Waals surface area contributed by atoms with Gasteiger partial charge in [0.1, 0.15) is 0 Å². The Morgan fingerprint density at radius 1 is 1.29 bits per heavy atom. The number of aryl methyl sites for hydroxylation is 1. The van der Waals surface area contributed by atoms with Crippen LogP contribution in [0.15, 0.2) is 30.3 Å². The second-order valence-electron chi connectivity index (χ2n) is 9.72. The van der Waals surface area contributed by atoms with E-state index in [2.05, 4.69) is 48.1 Å². The van der Waals surface area contributed by atoms with Gasteiger partial charge in [-0.2, -0.15) is 5.26 Å². The number of benzene rings is 2. The molecule has 0 saturated carbocycles. The highest BCUT2D eigenvalue weighted by atomic mass is 16.3. The van der Waals surface area contributed by atoms with Gasteiger partial charge in [0.25, 0.3) is 0 Å². The molecule has 6 nitrogen and oxygen atoms in total. The third-order valence-corrected chi connectivity index (χ3v) is 7.47. The molecule has 176 valence electrons. The zero-order valence-electron chi connectivity index (χ0n) is 23.7. The number of fused-ring (bicyclic) bond motifs is 4. The Kier molecular flexibility index (Phi) is 4.59. The molecule has 2 heterocycles. The van der Waals surface area contributed by atoms with Crippen LogP contribution in [-0.4, -0.2) is 48.1 Å². The van der Waals surface area contributed by atoms with Crippen LogP contribution >= 0.6 is 0 Å². The molecular formula is C28H32N4O2. The number of ketones is 1. The maximum Gasteiger partial charge on any atom is 0.209 e. The molecule has 1 fully saturated rings. The van der Waals surface area contributed by atoms with Crippen molar-refractivity contribution in [3.8, 4) is 6.07 Å². The van der Waals surface area contributed by atoms with Crippen LogP contribution in [0.25, 0.3) is 10.9 Å². The fourth-order valence-electron chi connectivity index (χ4n) is 5.67. The number of carbonyl (C=O) groups is 1. The molecule has 0 atom stereocenters. The van der Waals surface area contributed by atoms with Gasteiger partial charge in [-0.1, -0.05) is 26.8 Å². The predicted molar refractivity (Wildman–Crippen MR) is 135 cm³/mol. The topological polar surface area (TPSA) is 92.2 Å². The summed E-state index contributed by atoms with van der Waals surface area (Å²) in [6.45, 7) is 2.06. The van der Waals surface area contributed by atoms with Gasteiger partial charge in [0.05, 0.1) is 26.6 Å². The summed E-state index contributed by atoms with van der Waals surface area (Å²) in [5.74, 6) is -0.0475. The van der Waals surface area contributed by atoms with Crippen molar-refractivity contribution in [2.45, 2.75) is 51.5 Å². The highest BCUT2D eigenvalue weighted by Gasteiger charge is 2.40. The van der Waals surface area contributed by atoms with Gasteiger partial charge in [-0.3, -0.25) is 4.79 Å². The Hall–Kier alpha value is -3.14. The number of anilines is 1. The summed E-state index contributed by atoms with van der Waals surface area (Å²) in [6, 6.07) is 11.5. The lowest BCUT2D eigenvalue weighted by molar-refractivity contribution is 0.102. The van der Waals surface area contributed by atoms with Crippen LogP contribution in [0, 0.1) is 11.3 Å². The molecule has 1 aromatic heterocycles. The minimum atomic E-state index is -2.98. The third-order valence-electron chi connectivity index (χ3n) is 7.47. The van der Waals surface area contributed by atoms with Gasteiger partial charge in [-0.15, -0.1) is 0 Å². The molecule has 0 amide bonds. The van der Waals surface area contributed by atoms with Crippen LogP contribution in [0.4, 0.5) is 5.69 Å². The monoisotopic (exact) mass is 460 g/mol. The Morgan fingerprint density at radius 3 is 2.74 bits per heavy atom. The number of rotatable bonds is 5. The number of aliphatic hydroxyl groups is 1. The fraction of sp³-hybridized carbons (Fsp3) is 0.429. The zero-order valence-corrected chi connectivity index (χ0v) is 19.7. The number of aromatic amines is 1. The van der Waals surface area contributed by atoms with Crippen LogP contribution in [0.2, 0.25) is 0 Å². The number of hydrogen-bond donors (Lipinski definition) is 3. The first-order valence-corrected chi connectivity index (χ1v) is 11.8. The van der Waals surface area contributed by atoms with E-state index in [0.29, 0.717) is 42.8 Å². The van der Waals surface area contributed by atoms with Gasteiger partial charge in [0.15, 0.2) is 0 Å². The van der Waals surface area contributed by atoms with Gasteiger partial charge < -0.3 is 20.3 Å². The number of carbonyl (C=O) groups excluding carboxylic acids is 1. The van der Waals surface area contributed by atoms with Crippen molar-refractivity contribution in [1.82, 2.24) is 10.3 Å². The summed E-state index contributed by atoms with van der Waals surface area (Å²) in [7, 11) is 0. The molecule has 3 N–H and O–H groups in total. The van der Waals surface area contributed by atoms with Gasteiger partial charge in [-0.25, -0.2) is 0 Å². The minimum absolute atomic E-state index is 0.0475. The van der Waals surface area contributed by atoms with Gasteiger partial charge in [0.2, 0.25) is 5.78 Å². The third kappa shape index (κ3) is 3.51. The summed E-state index contributed by atoms with van der Waals surface area (Å²) < 4.78 is 30.4. The number of aromatic nitrogens is 1.